The summed E-state index contributed by atoms with van der Waals surface area (Å²) in [6.45, 7) is 2.91. The molecule has 0 radical (unpaired) electrons. The molecule has 0 spiro atoms. The average molecular weight is 491 g/mol. The number of aryl methyl sites for hydroxylation is 1. The largest absolute Gasteiger partial charge is 0.494 e. The summed E-state index contributed by atoms with van der Waals surface area (Å²) in [5, 5.41) is 16.5. The monoisotopic (exact) mass is 490 g/mol. The number of ether oxygens (including phenoxy) is 1. The number of likely N-dealkylation sites (N-methyl/N-ethyl adjacent to an activating group) is 1. The Bertz CT molecular complexity index is 1440. The molecule has 4 aromatic rings. The van der Waals surface area contributed by atoms with Crippen molar-refractivity contribution in [2.45, 2.75) is 19.1 Å². The molecule has 1 aliphatic heterocycles. The van der Waals surface area contributed by atoms with Gasteiger partial charge in [0.1, 0.15) is 0 Å². The number of nitrogens with zero attached hydrogens (tertiary/aromatic N) is 4. The minimum Gasteiger partial charge on any atom is -0.494 e. The molecule has 0 saturated carbocycles. The number of halogens is 1. The van der Waals surface area contributed by atoms with Crippen molar-refractivity contribution >= 4 is 23.1 Å². The molecular formula is C26H27FN6O3. The first-order valence-electron chi connectivity index (χ1n) is 11.6. The number of imidazole rings is 1. The Balaban J connectivity index is 1.40. The fraction of sp³-hybridized carbons (Fsp3) is 0.269. The Hall–Kier alpha value is -4.02. The van der Waals surface area contributed by atoms with Crippen molar-refractivity contribution in [1.82, 2.24) is 24.6 Å². The summed E-state index contributed by atoms with van der Waals surface area (Å²) in [5.41, 5.74) is 4.04. The third kappa shape index (κ3) is 4.25. The zero-order valence-electron chi connectivity index (χ0n) is 20.2. The number of carbonyl (C=O) groups excluding carboxylic acids is 1. The molecule has 36 heavy (non-hydrogen) atoms. The molecule has 5 rings (SSSR count). The van der Waals surface area contributed by atoms with Crippen LogP contribution >= 0.6 is 0 Å². The number of rotatable bonds is 6. The van der Waals surface area contributed by atoms with Crippen molar-refractivity contribution in [2.24, 2.45) is 0 Å². The Morgan fingerprint density at radius 2 is 2.08 bits per heavy atom. The molecule has 3 N–H and O–H groups in total. The molecule has 10 heteroatoms. The number of aliphatic hydroxyl groups excluding tert-OH is 1. The lowest BCUT2D eigenvalue weighted by molar-refractivity contribution is 0.0580. The minimum atomic E-state index is -0.583. The number of β-amino-alcohol motifs (C(OH)–C–C–N with tert-alkyl or cyclic N) is 1. The molecule has 1 fully saturated rings. The quantitative estimate of drug-likeness (QED) is 0.382. The van der Waals surface area contributed by atoms with Crippen LogP contribution in [0.4, 0.5) is 15.9 Å². The van der Waals surface area contributed by atoms with Gasteiger partial charge in [-0.15, -0.1) is 0 Å². The fourth-order valence-electron chi connectivity index (χ4n) is 4.55. The Morgan fingerprint density at radius 3 is 2.78 bits per heavy atom. The second kappa shape index (κ2) is 9.56. The molecule has 0 unspecified atom stereocenters. The maximum atomic E-state index is 14.3. The Kier molecular flexibility index (Phi) is 6.29. The summed E-state index contributed by atoms with van der Waals surface area (Å²) in [6.07, 6.45) is 4.49. The van der Waals surface area contributed by atoms with Gasteiger partial charge in [0.05, 0.1) is 31.1 Å². The molecule has 2 aromatic carbocycles. The second-order valence-corrected chi connectivity index (χ2v) is 8.83. The van der Waals surface area contributed by atoms with Gasteiger partial charge in [-0.25, -0.2) is 14.4 Å². The van der Waals surface area contributed by atoms with Crippen LogP contribution in [0.5, 0.6) is 5.75 Å². The van der Waals surface area contributed by atoms with E-state index in [0.29, 0.717) is 41.4 Å². The number of aliphatic hydroxyl groups is 1. The fourth-order valence-corrected chi connectivity index (χ4v) is 4.55. The van der Waals surface area contributed by atoms with Gasteiger partial charge >= 0.3 is 0 Å². The highest BCUT2D eigenvalue weighted by molar-refractivity contribution is 5.96. The number of nitrogens with one attached hydrogen (secondary N) is 2. The molecule has 1 amide bonds. The van der Waals surface area contributed by atoms with E-state index >= 15 is 0 Å². The van der Waals surface area contributed by atoms with Crippen LogP contribution in [0.3, 0.4) is 0 Å². The zero-order valence-corrected chi connectivity index (χ0v) is 20.2. The molecule has 1 aliphatic rings. The number of hydrogen-bond acceptors (Lipinski definition) is 7. The van der Waals surface area contributed by atoms with E-state index in [1.807, 2.05) is 23.5 Å². The standard InChI is InChI=1S/C26H27FN6O3/c1-15-10-17(5-6-18(15)26(35)32(2)21-12-28-14-22(21)34)31-24-25-30-13-20(33(25)9-8-29-24)16-4-7-23(36-3)19(27)11-16/h4-11,13,21-22,28,34H,12,14H2,1-3H3,(H,29,31)/t21-,22-/m1/s1. The van der Waals surface area contributed by atoms with E-state index in [1.54, 1.807) is 48.7 Å². The number of aromatic nitrogens is 3. The SMILES string of the molecule is COc1ccc(-c2cnc3c(Nc4ccc(C(=O)N(C)[C@@H]5CNC[C@H]5O)c(C)c4)nccn23)cc1F. The number of carbonyl (C=O) groups is 1. The first-order chi connectivity index (χ1) is 17.4. The van der Waals surface area contributed by atoms with Crippen molar-refractivity contribution in [3.8, 4) is 17.0 Å². The summed E-state index contributed by atoms with van der Waals surface area (Å²) in [6, 6.07) is 9.96. The Labute approximate surface area is 207 Å². The third-order valence-electron chi connectivity index (χ3n) is 6.56. The van der Waals surface area contributed by atoms with Crippen molar-refractivity contribution in [2.75, 3.05) is 32.6 Å². The first-order valence-corrected chi connectivity index (χ1v) is 11.6. The molecule has 0 bridgehead atoms. The smallest absolute Gasteiger partial charge is 0.254 e. The zero-order chi connectivity index (χ0) is 25.4. The molecule has 186 valence electrons. The normalized spacial score (nSPS) is 17.4. The lowest BCUT2D eigenvalue weighted by atomic mass is 10.0. The van der Waals surface area contributed by atoms with E-state index in [2.05, 4.69) is 20.6 Å². The van der Waals surface area contributed by atoms with E-state index in [-0.39, 0.29) is 17.7 Å². The number of benzene rings is 2. The summed E-state index contributed by atoms with van der Waals surface area (Å²) >= 11 is 0. The average Bonchev–Trinajstić information content (AvgIpc) is 3.50. The lowest BCUT2D eigenvalue weighted by Crippen LogP contribution is -2.44. The minimum absolute atomic E-state index is 0.142. The molecule has 3 heterocycles. The van der Waals surface area contributed by atoms with Crippen LogP contribution in [0.1, 0.15) is 15.9 Å². The predicted octanol–water partition coefficient (Wildman–Crippen LogP) is 3.00. The van der Waals surface area contributed by atoms with Crippen LogP contribution in [0, 0.1) is 12.7 Å². The highest BCUT2D eigenvalue weighted by Gasteiger charge is 2.32. The molecule has 2 aromatic heterocycles. The Morgan fingerprint density at radius 1 is 1.25 bits per heavy atom. The van der Waals surface area contributed by atoms with Gasteiger partial charge in [0.15, 0.2) is 23.0 Å². The van der Waals surface area contributed by atoms with E-state index < -0.39 is 11.9 Å². The highest BCUT2D eigenvalue weighted by Crippen LogP contribution is 2.29. The van der Waals surface area contributed by atoms with Crippen LogP contribution in [-0.2, 0) is 0 Å². The summed E-state index contributed by atoms with van der Waals surface area (Å²) in [4.78, 5) is 23.6. The van der Waals surface area contributed by atoms with Crippen molar-refractivity contribution in [3.63, 3.8) is 0 Å². The van der Waals surface area contributed by atoms with E-state index in [1.165, 1.54) is 13.2 Å². The topological polar surface area (TPSA) is 104 Å². The van der Waals surface area contributed by atoms with Gasteiger partial charge in [0.2, 0.25) is 0 Å². The van der Waals surface area contributed by atoms with Gasteiger partial charge in [-0.2, -0.15) is 0 Å². The molecule has 1 saturated heterocycles. The number of hydrogen-bond donors (Lipinski definition) is 3. The van der Waals surface area contributed by atoms with E-state index in [0.717, 1.165) is 11.3 Å². The van der Waals surface area contributed by atoms with Gasteiger partial charge in [-0.1, -0.05) is 0 Å². The maximum absolute atomic E-state index is 14.3. The van der Waals surface area contributed by atoms with Crippen LogP contribution < -0.4 is 15.4 Å². The van der Waals surface area contributed by atoms with Gasteiger partial charge in [-0.05, 0) is 48.9 Å². The number of fused-ring (bicyclic) bond motifs is 1. The van der Waals surface area contributed by atoms with Crippen molar-refractivity contribution in [1.29, 1.82) is 0 Å². The molecule has 0 aliphatic carbocycles. The summed E-state index contributed by atoms with van der Waals surface area (Å²) < 4.78 is 21.1. The predicted molar refractivity (Wildman–Crippen MR) is 134 cm³/mol. The summed E-state index contributed by atoms with van der Waals surface area (Å²) in [5.74, 6) is 0.105. The van der Waals surface area contributed by atoms with Gasteiger partial charge in [-0.3, -0.25) is 9.20 Å². The van der Waals surface area contributed by atoms with Gasteiger partial charge in [0.25, 0.3) is 5.91 Å². The van der Waals surface area contributed by atoms with Gasteiger partial charge in [0, 0.05) is 49.3 Å². The number of amides is 1. The number of anilines is 2. The van der Waals surface area contributed by atoms with Crippen LogP contribution in [-0.4, -0.2) is 69.7 Å². The van der Waals surface area contributed by atoms with Crippen LogP contribution in [0.2, 0.25) is 0 Å². The molecule has 2 atom stereocenters. The number of methoxy groups -OCH3 is 1. The van der Waals surface area contributed by atoms with Crippen molar-refractivity contribution in [3.05, 3.63) is 71.9 Å². The van der Waals surface area contributed by atoms with Crippen molar-refractivity contribution < 1.29 is 19.0 Å². The van der Waals surface area contributed by atoms with Gasteiger partial charge < -0.3 is 25.4 Å². The summed E-state index contributed by atoms with van der Waals surface area (Å²) in [7, 11) is 3.14. The molecular weight excluding hydrogens is 463 g/mol. The van der Waals surface area contributed by atoms with Crippen LogP contribution in [0.15, 0.2) is 55.0 Å². The van der Waals surface area contributed by atoms with E-state index in [4.69, 9.17) is 4.74 Å². The highest BCUT2D eigenvalue weighted by atomic mass is 19.1. The maximum Gasteiger partial charge on any atom is 0.254 e. The second-order valence-electron chi connectivity index (χ2n) is 8.83. The molecule has 9 nitrogen and oxygen atoms in total. The lowest BCUT2D eigenvalue weighted by Gasteiger charge is -2.27. The first kappa shape index (κ1) is 23.7. The third-order valence-corrected chi connectivity index (χ3v) is 6.56. The van der Waals surface area contributed by atoms with E-state index in [9.17, 15) is 14.3 Å². The van der Waals surface area contributed by atoms with Crippen LogP contribution in [0.25, 0.3) is 16.9 Å².